The molecule has 0 aromatic heterocycles. The van der Waals surface area contributed by atoms with E-state index >= 15 is 0 Å². The molecule has 2 saturated carbocycles. The molecular formula is C53H94N4O8. The largest absolute Gasteiger partial charge is 0.469 e. The summed E-state index contributed by atoms with van der Waals surface area (Å²) in [6.07, 6.45) is 28.4. The van der Waals surface area contributed by atoms with Crippen LogP contribution in [0.1, 0.15) is 235 Å². The fraction of sp³-hybridized carbons (Fsp3) is 0.925. The van der Waals surface area contributed by atoms with Gasteiger partial charge in [0, 0.05) is 60.9 Å². The number of nitrogens with one attached hydrogen (secondary N) is 1. The number of rotatable bonds is 6. The Kier molecular flexibility index (Phi) is 18.2. The third kappa shape index (κ3) is 13.1. The Hall–Kier alpha value is -2.28. The normalized spacial score (nSPS) is 27.7. The predicted molar refractivity (Wildman–Crippen MR) is 257 cm³/mol. The lowest BCUT2D eigenvalue weighted by molar-refractivity contribution is -0.196. The molecule has 4 aliphatic heterocycles. The number of esters is 2. The zero-order valence-corrected chi connectivity index (χ0v) is 43.3. The van der Waals surface area contributed by atoms with Crippen LogP contribution in [-0.4, -0.2) is 118 Å². The maximum Gasteiger partial charge on any atom is 0.307 e. The molecule has 0 unspecified atom stereocenters. The van der Waals surface area contributed by atoms with Crippen LogP contribution < -0.4 is 5.32 Å². The summed E-state index contributed by atoms with van der Waals surface area (Å²) in [5.74, 6) is -0.368. The molecule has 12 nitrogen and oxygen atoms in total. The van der Waals surface area contributed by atoms with Crippen molar-refractivity contribution in [3.8, 4) is 0 Å². The van der Waals surface area contributed by atoms with Gasteiger partial charge < -0.3 is 34.1 Å². The highest BCUT2D eigenvalue weighted by atomic mass is 16.6. The van der Waals surface area contributed by atoms with Gasteiger partial charge in [-0.1, -0.05) is 89.9 Å². The van der Waals surface area contributed by atoms with Crippen LogP contribution in [0.4, 0.5) is 0 Å². The first-order valence-electron chi connectivity index (χ1n) is 26.2. The topological polar surface area (TPSA) is 127 Å². The minimum atomic E-state index is -0.828. The van der Waals surface area contributed by atoms with E-state index in [9.17, 15) is 19.2 Å². The number of likely N-dealkylation sites (tertiary alicyclic amines) is 1. The van der Waals surface area contributed by atoms with Gasteiger partial charge in [0.05, 0.1) is 27.1 Å². The average Bonchev–Trinajstić information content (AvgIpc) is 3.54. The molecule has 4 spiro atoms. The monoisotopic (exact) mass is 915 g/mol. The summed E-state index contributed by atoms with van der Waals surface area (Å²) in [5, 5.41) is 3.70. The Labute approximate surface area is 395 Å². The van der Waals surface area contributed by atoms with Crippen LogP contribution in [0, 0.1) is 0 Å². The number of methoxy groups -OCH3 is 2. The number of ether oxygens (including phenoxy) is 4. The zero-order valence-electron chi connectivity index (χ0n) is 43.3. The molecule has 12 heteroatoms. The number of piperidine rings is 2. The summed E-state index contributed by atoms with van der Waals surface area (Å²) in [6, 6.07) is 0. The SMILES string of the molecule is COC(=O)CCN1C(=O)C2(CC(C)(C)N(C)C(C)(C)C2)OC12CCCCCCCCCCC2.COC(=O)CCN1C(=O)C2(CC(C)(C)NC(C)(C)C2)OC12CCCCCCCCCCC2. The van der Waals surface area contributed by atoms with E-state index in [1.807, 2.05) is 9.80 Å². The van der Waals surface area contributed by atoms with E-state index in [2.05, 4.69) is 72.7 Å². The first-order chi connectivity index (χ1) is 30.5. The van der Waals surface area contributed by atoms with Gasteiger partial charge >= 0.3 is 11.9 Å². The van der Waals surface area contributed by atoms with Gasteiger partial charge in [-0.25, -0.2) is 0 Å². The van der Waals surface area contributed by atoms with Crippen molar-refractivity contribution in [2.45, 2.75) is 280 Å². The first-order valence-corrected chi connectivity index (χ1v) is 26.2. The summed E-state index contributed by atoms with van der Waals surface area (Å²) >= 11 is 0. The van der Waals surface area contributed by atoms with Crippen LogP contribution in [0.5, 0.6) is 0 Å². The second-order valence-electron chi connectivity index (χ2n) is 23.8. The second-order valence-corrected chi connectivity index (χ2v) is 23.8. The van der Waals surface area contributed by atoms with Crippen molar-refractivity contribution < 1.29 is 38.1 Å². The summed E-state index contributed by atoms with van der Waals surface area (Å²) in [7, 11) is 4.99. The number of amides is 2. The average molecular weight is 915 g/mol. The van der Waals surface area contributed by atoms with E-state index in [1.165, 1.54) is 104 Å². The zero-order chi connectivity index (χ0) is 47.8. The molecule has 374 valence electrons. The van der Waals surface area contributed by atoms with Crippen molar-refractivity contribution in [2.75, 3.05) is 34.4 Å². The van der Waals surface area contributed by atoms with Gasteiger partial charge in [-0.2, -0.15) is 0 Å². The first kappa shape index (κ1) is 53.7. The third-order valence-electron chi connectivity index (χ3n) is 16.2. The van der Waals surface area contributed by atoms with E-state index in [0.717, 1.165) is 51.4 Å². The van der Waals surface area contributed by atoms with Crippen LogP contribution in [0.3, 0.4) is 0 Å². The highest BCUT2D eigenvalue weighted by Crippen LogP contribution is 2.54. The van der Waals surface area contributed by atoms with Crippen molar-refractivity contribution in [2.24, 2.45) is 0 Å². The fourth-order valence-corrected chi connectivity index (χ4v) is 13.5. The molecule has 6 fully saturated rings. The van der Waals surface area contributed by atoms with Gasteiger partial charge in [0.15, 0.2) is 11.2 Å². The van der Waals surface area contributed by atoms with Crippen LogP contribution in [0.25, 0.3) is 0 Å². The van der Waals surface area contributed by atoms with E-state index in [1.54, 1.807) is 0 Å². The lowest BCUT2D eigenvalue weighted by Gasteiger charge is -2.56. The van der Waals surface area contributed by atoms with E-state index in [0.29, 0.717) is 38.8 Å². The molecule has 2 aliphatic carbocycles. The van der Waals surface area contributed by atoms with Crippen molar-refractivity contribution in [3.63, 3.8) is 0 Å². The summed E-state index contributed by atoms with van der Waals surface area (Å²) in [6.45, 7) is 18.3. The lowest BCUT2D eigenvalue weighted by atomic mass is 9.71. The molecule has 0 aromatic carbocycles. The molecular weight excluding hydrogens is 821 g/mol. The van der Waals surface area contributed by atoms with Gasteiger partial charge in [0.25, 0.3) is 11.8 Å². The molecule has 0 atom stereocenters. The Balaban J connectivity index is 0.000000244. The van der Waals surface area contributed by atoms with Crippen molar-refractivity contribution >= 4 is 23.8 Å². The van der Waals surface area contributed by atoms with Crippen LogP contribution >= 0.6 is 0 Å². The predicted octanol–water partition coefficient (Wildman–Crippen LogP) is 10.5. The Bertz CT molecular complexity index is 1550. The lowest BCUT2D eigenvalue weighted by Crippen LogP contribution is -2.66. The fourth-order valence-electron chi connectivity index (χ4n) is 13.5. The van der Waals surface area contributed by atoms with Gasteiger partial charge in [0.1, 0.15) is 11.4 Å². The second kappa shape index (κ2) is 22.0. The highest BCUT2D eigenvalue weighted by Gasteiger charge is 2.66. The maximum atomic E-state index is 14.2. The maximum absolute atomic E-state index is 14.2. The molecule has 0 radical (unpaired) electrons. The van der Waals surface area contributed by atoms with Crippen molar-refractivity contribution in [1.29, 1.82) is 0 Å². The Morgan fingerprint density at radius 1 is 0.492 bits per heavy atom. The molecule has 4 heterocycles. The molecule has 2 amide bonds. The van der Waals surface area contributed by atoms with E-state index in [-0.39, 0.29) is 58.8 Å². The summed E-state index contributed by atoms with van der Waals surface area (Å²) < 4.78 is 24.0. The van der Waals surface area contributed by atoms with Crippen molar-refractivity contribution in [3.05, 3.63) is 0 Å². The third-order valence-corrected chi connectivity index (χ3v) is 16.2. The van der Waals surface area contributed by atoms with Crippen LogP contribution in [0.2, 0.25) is 0 Å². The molecule has 4 saturated heterocycles. The molecule has 0 bridgehead atoms. The quantitative estimate of drug-likeness (QED) is 0.257. The van der Waals surface area contributed by atoms with Gasteiger partial charge in [-0.15, -0.1) is 0 Å². The van der Waals surface area contributed by atoms with E-state index in [4.69, 9.17) is 18.9 Å². The molecule has 6 aliphatic rings. The number of nitrogens with zero attached hydrogens (tertiary/aromatic N) is 3. The van der Waals surface area contributed by atoms with Crippen molar-refractivity contribution in [1.82, 2.24) is 20.0 Å². The Morgan fingerprint density at radius 3 is 1.06 bits per heavy atom. The molecule has 1 N–H and O–H groups in total. The molecule has 65 heavy (non-hydrogen) atoms. The van der Waals surface area contributed by atoms with Crippen LogP contribution in [0.15, 0.2) is 0 Å². The highest BCUT2D eigenvalue weighted by molar-refractivity contribution is 5.89. The minimum absolute atomic E-state index is 0.0798. The van der Waals surface area contributed by atoms with Gasteiger partial charge in [-0.3, -0.25) is 24.1 Å². The summed E-state index contributed by atoms with van der Waals surface area (Å²) in [5.41, 5.74) is -3.60. The van der Waals surface area contributed by atoms with Crippen LogP contribution in [-0.2, 0) is 38.1 Å². The van der Waals surface area contributed by atoms with Gasteiger partial charge in [-0.05, 0) is 114 Å². The molecule has 6 rings (SSSR count). The number of hydrogen-bond acceptors (Lipinski definition) is 10. The smallest absolute Gasteiger partial charge is 0.307 e. The number of carbonyl (C=O) groups is 4. The summed E-state index contributed by atoms with van der Waals surface area (Å²) in [4.78, 5) is 58.8. The van der Waals surface area contributed by atoms with E-state index < -0.39 is 22.7 Å². The number of carbonyl (C=O) groups excluding carboxylic acids is 4. The van der Waals surface area contributed by atoms with Gasteiger partial charge in [0.2, 0.25) is 0 Å². The molecule has 0 aromatic rings. The standard InChI is InChI=1S/C27H48N2O4.C26H46N2O4/c1-24(2)20-26(21-25(3,4)28(24)5)23(31)29(19-16-22(30)32-6)27(33-26)17-14-12-10-8-7-9-11-13-15-18-27;1-23(2)19-25(20-24(3,4)27-23)22(30)28(18-15-21(29)31-5)26(32-25)16-13-11-9-7-6-8-10-12-14-17-26/h7-21H2,1-6H3;27H,6-20H2,1-5H3. The number of hydrogen-bond donors (Lipinski definition) is 1. The Morgan fingerprint density at radius 2 is 0.769 bits per heavy atom. The minimum Gasteiger partial charge on any atom is -0.469 e.